The third-order valence-electron chi connectivity index (χ3n) is 5.56. The second-order valence-electron chi connectivity index (χ2n) is 7.72. The van der Waals surface area contributed by atoms with Gasteiger partial charge in [0.25, 0.3) is 0 Å². The Morgan fingerprint density at radius 1 is 1.11 bits per heavy atom. The number of phenols is 1. The third kappa shape index (κ3) is 4.95. The average Bonchev–Trinajstić information content (AvgIpc) is 3.54. The summed E-state index contributed by atoms with van der Waals surface area (Å²) in [7, 11) is 1.49. The number of fused-ring (bicyclic) bond motifs is 1. The molecule has 0 atom stereocenters. The van der Waals surface area contributed by atoms with Gasteiger partial charge in [0, 0.05) is 17.4 Å². The quantitative estimate of drug-likeness (QED) is 0.354. The van der Waals surface area contributed by atoms with Gasteiger partial charge in [0.2, 0.25) is 5.91 Å². The molecule has 35 heavy (non-hydrogen) atoms. The highest BCUT2D eigenvalue weighted by Crippen LogP contribution is 2.29. The van der Waals surface area contributed by atoms with Gasteiger partial charge in [0.15, 0.2) is 11.5 Å². The number of rotatable bonds is 7. The third-order valence-corrected chi connectivity index (χ3v) is 5.56. The first-order valence-electron chi connectivity index (χ1n) is 10.7. The lowest BCUT2D eigenvalue weighted by Gasteiger charge is -2.24. The second kappa shape index (κ2) is 10.3. The standard InChI is InChI=1S/C25H22N6O3.ClH/c1-34-24-12-17(6-11-23(24)32)14-30(19-9-7-18(8-10-19)21-13-26-16-27-21)25(33)15-31-22-5-3-2-4-20(22)28-29-31;/h2-13,16,32H,14-15H2,1H3,(H,26,27);1H. The van der Waals surface area contributed by atoms with Crippen molar-refractivity contribution in [3.63, 3.8) is 0 Å². The Kier molecular flexibility index (Phi) is 6.98. The fraction of sp³-hybridized carbons (Fsp3) is 0.120. The highest BCUT2D eigenvalue weighted by atomic mass is 35.5. The summed E-state index contributed by atoms with van der Waals surface area (Å²) in [5, 5.41) is 18.3. The maximum absolute atomic E-state index is 13.5. The number of ether oxygens (including phenoxy) is 1. The van der Waals surface area contributed by atoms with E-state index in [1.807, 2.05) is 54.7 Å². The van der Waals surface area contributed by atoms with Gasteiger partial charge >= 0.3 is 0 Å². The lowest BCUT2D eigenvalue weighted by atomic mass is 10.1. The molecule has 0 aliphatic carbocycles. The van der Waals surface area contributed by atoms with Crippen LogP contribution in [0.3, 0.4) is 0 Å². The number of aromatic nitrogens is 5. The molecule has 0 radical (unpaired) electrons. The van der Waals surface area contributed by atoms with Crippen molar-refractivity contribution in [2.24, 2.45) is 0 Å². The predicted octanol–water partition coefficient (Wildman–Crippen LogP) is 4.19. The second-order valence-corrected chi connectivity index (χ2v) is 7.72. The lowest BCUT2D eigenvalue weighted by Crippen LogP contribution is -2.33. The van der Waals surface area contributed by atoms with E-state index < -0.39 is 0 Å². The summed E-state index contributed by atoms with van der Waals surface area (Å²) in [6.07, 6.45) is 3.44. The molecule has 2 N–H and O–H groups in total. The molecule has 0 aliphatic rings. The van der Waals surface area contributed by atoms with E-state index in [2.05, 4.69) is 20.3 Å². The highest BCUT2D eigenvalue weighted by Gasteiger charge is 2.20. The number of hydrogen-bond acceptors (Lipinski definition) is 6. The number of phenolic OH excluding ortho intramolecular Hbond substituents is 1. The van der Waals surface area contributed by atoms with Crippen molar-refractivity contribution < 1.29 is 14.6 Å². The fourth-order valence-corrected chi connectivity index (χ4v) is 3.80. The van der Waals surface area contributed by atoms with E-state index in [9.17, 15) is 9.90 Å². The molecule has 2 heterocycles. The molecule has 9 nitrogen and oxygen atoms in total. The van der Waals surface area contributed by atoms with E-state index in [0.717, 1.165) is 33.5 Å². The minimum Gasteiger partial charge on any atom is -0.504 e. The Hall–Kier alpha value is -4.37. The van der Waals surface area contributed by atoms with Gasteiger partial charge in [-0.2, -0.15) is 0 Å². The van der Waals surface area contributed by atoms with E-state index in [1.165, 1.54) is 7.11 Å². The largest absolute Gasteiger partial charge is 0.504 e. The molecule has 1 amide bonds. The van der Waals surface area contributed by atoms with Crippen molar-refractivity contribution in [1.82, 2.24) is 25.0 Å². The molecule has 2 aromatic heterocycles. The maximum Gasteiger partial charge on any atom is 0.249 e. The zero-order valence-corrected chi connectivity index (χ0v) is 19.6. The number of H-pyrrole nitrogens is 1. The molecule has 0 saturated heterocycles. The number of aromatic amines is 1. The van der Waals surface area contributed by atoms with Crippen LogP contribution in [0.4, 0.5) is 5.69 Å². The van der Waals surface area contributed by atoms with Crippen LogP contribution in [0.1, 0.15) is 5.56 Å². The number of para-hydroxylation sites is 1. The van der Waals surface area contributed by atoms with Gasteiger partial charge in [-0.25, -0.2) is 9.67 Å². The first-order chi connectivity index (χ1) is 16.6. The van der Waals surface area contributed by atoms with Gasteiger partial charge in [0.1, 0.15) is 12.1 Å². The first kappa shape index (κ1) is 23.8. The predicted molar refractivity (Wildman–Crippen MR) is 135 cm³/mol. The molecule has 0 unspecified atom stereocenters. The van der Waals surface area contributed by atoms with Gasteiger partial charge in [-0.15, -0.1) is 17.5 Å². The molecule has 5 rings (SSSR count). The zero-order valence-electron chi connectivity index (χ0n) is 18.8. The Balaban J connectivity index is 0.00000289. The van der Waals surface area contributed by atoms with Crippen LogP contribution in [-0.4, -0.2) is 43.1 Å². The number of nitrogens with one attached hydrogen (secondary N) is 1. The number of nitrogens with zero attached hydrogens (tertiary/aromatic N) is 5. The van der Waals surface area contributed by atoms with Gasteiger partial charge in [-0.3, -0.25) is 4.79 Å². The van der Waals surface area contributed by atoms with Crippen molar-refractivity contribution in [1.29, 1.82) is 0 Å². The van der Waals surface area contributed by atoms with Gasteiger partial charge in [-0.1, -0.05) is 35.5 Å². The molecule has 0 spiro atoms. The molecule has 5 aromatic rings. The van der Waals surface area contributed by atoms with Crippen LogP contribution in [0.25, 0.3) is 22.3 Å². The summed E-state index contributed by atoms with van der Waals surface area (Å²) in [5.41, 5.74) is 4.81. The number of imidazole rings is 1. The molecule has 178 valence electrons. The number of carbonyl (C=O) groups is 1. The first-order valence-corrected chi connectivity index (χ1v) is 10.7. The number of amides is 1. The van der Waals surface area contributed by atoms with Gasteiger partial charge in [0.05, 0.1) is 31.2 Å². The summed E-state index contributed by atoms with van der Waals surface area (Å²) in [6.45, 7) is 0.306. The van der Waals surface area contributed by atoms with Crippen LogP contribution < -0.4 is 9.64 Å². The minimum atomic E-state index is -0.157. The van der Waals surface area contributed by atoms with Gasteiger partial charge in [-0.05, 0) is 42.0 Å². The Morgan fingerprint density at radius 3 is 2.66 bits per heavy atom. The number of halogens is 1. The van der Waals surface area contributed by atoms with Crippen LogP contribution in [0.2, 0.25) is 0 Å². The van der Waals surface area contributed by atoms with Crippen molar-refractivity contribution >= 4 is 35.0 Å². The zero-order chi connectivity index (χ0) is 23.5. The normalized spacial score (nSPS) is 10.7. The number of hydrogen-bond donors (Lipinski definition) is 2. The Labute approximate surface area is 207 Å². The number of aromatic hydroxyl groups is 1. The van der Waals surface area contributed by atoms with Crippen LogP contribution in [0.5, 0.6) is 11.5 Å². The van der Waals surface area contributed by atoms with Crippen LogP contribution >= 0.6 is 12.4 Å². The smallest absolute Gasteiger partial charge is 0.249 e. The topological polar surface area (TPSA) is 109 Å². The van der Waals surface area contributed by atoms with E-state index >= 15 is 0 Å². The summed E-state index contributed by atoms with van der Waals surface area (Å²) in [5.74, 6) is 0.234. The molecule has 0 aliphatic heterocycles. The van der Waals surface area contributed by atoms with E-state index in [4.69, 9.17) is 4.74 Å². The maximum atomic E-state index is 13.5. The van der Waals surface area contributed by atoms with E-state index in [1.54, 1.807) is 34.1 Å². The van der Waals surface area contributed by atoms with Crippen molar-refractivity contribution in [3.05, 3.63) is 84.8 Å². The molecular formula is C25H23ClN6O3. The van der Waals surface area contributed by atoms with Crippen LogP contribution in [-0.2, 0) is 17.9 Å². The summed E-state index contributed by atoms with van der Waals surface area (Å²) in [6, 6.07) is 20.2. The van der Waals surface area contributed by atoms with Crippen LogP contribution in [0, 0.1) is 0 Å². The molecule has 10 heteroatoms. The SMILES string of the molecule is COc1cc(CN(C(=O)Cn2nnc3ccccc32)c2ccc(-c3c[nH]cn3)cc2)ccc1O.Cl. The molecule has 0 saturated carbocycles. The van der Waals surface area contributed by atoms with E-state index in [0.29, 0.717) is 5.75 Å². The summed E-state index contributed by atoms with van der Waals surface area (Å²) >= 11 is 0. The summed E-state index contributed by atoms with van der Waals surface area (Å²) < 4.78 is 6.84. The number of anilines is 1. The number of benzene rings is 3. The monoisotopic (exact) mass is 490 g/mol. The summed E-state index contributed by atoms with van der Waals surface area (Å²) in [4.78, 5) is 22.4. The molecule has 0 bridgehead atoms. The van der Waals surface area contributed by atoms with Gasteiger partial charge < -0.3 is 19.7 Å². The fourth-order valence-electron chi connectivity index (χ4n) is 3.80. The number of carbonyl (C=O) groups excluding carboxylic acids is 1. The molecule has 0 fully saturated rings. The molecular weight excluding hydrogens is 468 g/mol. The molecule has 3 aromatic carbocycles. The Bertz CT molecular complexity index is 1430. The highest BCUT2D eigenvalue weighted by molar-refractivity contribution is 5.94. The minimum absolute atomic E-state index is 0. The van der Waals surface area contributed by atoms with Crippen molar-refractivity contribution in [3.8, 4) is 22.8 Å². The van der Waals surface area contributed by atoms with E-state index in [-0.39, 0.29) is 37.2 Å². The van der Waals surface area contributed by atoms with Crippen molar-refractivity contribution in [2.75, 3.05) is 12.0 Å². The average molecular weight is 491 g/mol. The number of methoxy groups -OCH3 is 1. The van der Waals surface area contributed by atoms with Crippen molar-refractivity contribution in [2.45, 2.75) is 13.1 Å². The van der Waals surface area contributed by atoms with Crippen LogP contribution in [0.15, 0.2) is 79.3 Å². The Morgan fingerprint density at radius 2 is 1.91 bits per heavy atom. The lowest BCUT2D eigenvalue weighted by molar-refractivity contribution is -0.119.